The highest BCUT2D eigenvalue weighted by Gasteiger charge is 2.20. The lowest BCUT2D eigenvalue weighted by molar-refractivity contribution is 0.377. The zero-order valence-corrected chi connectivity index (χ0v) is 12.6. The molecule has 7 heteroatoms. The molecule has 21 heavy (non-hydrogen) atoms. The van der Waals surface area contributed by atoms with Crippen molar-refractivity contribution in [2.75, 3.05) is 31.6 Å². The van der Waals surface area contributed by atoms with Crippen LogP contribution < -0.4 is 15.9 Å². The van der Waals surface area contributed by atoms with Crippen molar-refractivity contribution in [2.45, 2.75) is 26.2 Å². The largest absolute Gasteiger partial charge is 0.356 e. The maximum absolute atomic E-state index is 11.6. The molecule has 1 fully saturated rings. The van der Waals surface area contributed by atoms with E-state index < -0.39 is 0 Å². The number of aromatic nitrogens is 4. The van der Waals surface area contributed by atoms with Crippen LogP contribution in [0.25, 0.3) is 5.65 Å². The average Bonchev–Trinajstić information content (AvgIpc) is 2.87. The molecule has 0 amide bonds. The van der Waals surface area contributed by atoms with E-state index in [4.69, 9.17) is 0 Å². The first-order valence-corrected chi connectivity index (χ1v) is 7.53. The lowest BCUT2D eigenvalue weighted by Gasteiger charge is -2.33. The first-order valence-electron chi connectivity index (χ1n) is 7.53. The zero-order valence-electron chi connectivity index (χ0n) is 12.6. The van der Waals surface area contributed by atoms with E-state index in [2.05, 4.69) is 25.4 Å². The van der Waals surface area contributed by atoms with Crippen LogP contribution in [0, 0.1) is 12.8 Å². The molecule has 0 bridgehead atoms. The summed E-state index contributed by atoms with van der Waals surface area (Å²) in [6.45, 7) is 4.97. The van der Waals surface area contributed by atoms with Crippen LogP contribution in [-0.2, 0) is 0 Å². The maximum atomic E-state index is 11.6. The van der Waals surface area contributed by atoms with Gasteiger partial charge in [0.15, 0.2) is 5.65 Å². The van der Waals surface area contributed by atoms with Gasteiger partial charge in [0.2, 0.25) is 0 Å². The number of anilines is 1. The highest BCUT2D eigenvalue weighted by molar-refractivity contribution is 5.51. The Balaban J connectivity index is 1.75. The molecular weight excluding hydrogens is 268 g/mol. The summed E-state index contributed by atoms with van der Waals surface area (Å²) in [4.78, 5) is 18.5. The SMILES string of the molecule is CNCCC1CCN(c2cc3n[nH]c(=O)n3c(C)n2)CC1. The topological polar surface area (TPSA) is 78.3 Å². The van der Waals surface area contributed by atoms with Crippen molar-refractivity contribution in [3.63, 3.8) is 0 Å². The highest BCUT2D eigenvalue weighted by Crippen LogP contribution is 2.24. The van der Waals surface area contributed by atoms with Gasteiger partial charge in [-0.3, -0.25) is 0 Å². The second-order valence-corrected chi connectivity index (χ2v) is 5.71. The van der Waals surface area contributed by atoms with Crippen LogP contribution in [0.5, 0.6) is 0 Å². The van der Waals surface area contributed by atoms with Gasteiger partial charge >= 0.3 is 5.69 Å². The van der Waals surface area contributed by atoms with E-state index in [9.17, 15) is 4.79 Å². The first-order chi connectivity index (χ1) is 10.2. The Kier molecular flexibility index (Phi) is 3.92. The number of piperidine rings is 1. The standard InChI is InChI=1S/C14H22N6O/c1-10-16-12(9-13-17-18-14(21)20(10)13)19-7-4-11(5-8-19)3-6-15-2/h9,11,15H,3-8H2,1-2H3,(H,18,21). The number of aryl methyl sites for hydroxylation is 1. The molecule has 0 aromatic carbocycles. The fourth-order valence-corrected chi connectivity index (χ4v) is 3.04. The molecule has 1 aliphatic heterocycles. The van der Waals surface area contributed by atoms with Crippen molar-refractivity contribution >= 4 is 11.5 Å². The quantitative estimate of drug-likeness (QED) is 0.860. The molecule has 3 heterocycles. The fourth-order valence-electron chi connectivity index (χ4n) is 3.04. The van der Waals surface area contributed by atoms with Gasteiger partial charge in [0.05, 0.1) is 0 Å². The number of hydrogen-bond acceptors (Lipinski definition) is 5. The van der Waals surface area contributed by atoms with Crippen LogP contribution in [0.2, 0.25) is 0 Å². The highest BCUT2D eigenvalue weighted by atomic mass is 16.1. The van der Waals surface area contributed by atoms with Crippen LogP contribution in [0.4, 0.5) is 5.82 Å². The first kappa shape index (κ1) is 14.1. The summed E-state index contributed by atoms with van der Waals surface area (Å²) in [5.74, 6) is 2.40. The lowest BCUT2D eigenvalue weighted by atomic mass is 9.93. The molecule has 0 atom stereocenters. The number of fused-ring (bicyclic) bond motifs is 1. The van der Waals surface area contributed by atoms with Gasteiger partial charge in [-0.05, 0) is 45.7 Å². The van der Waals surface area contributed by atoms with Crippen molar-refractivity contribution in [1.29, 1.82) is 0 Å². The van der Waals surface area contributed by atoms with Crippen molar-refractivity contribution in [1.82, 2.24) is 24.9 Å². The third kappa shape index (κ3) is 2.78. The molecule has 1 aliphatic rings. The van der Waals surface area contributed by atoms with E-state index in [0.29, 0.717) is 11.5 Å². The van der Waals surface area contributed by atoms with Crippen molar-refractivity contribution < 1.29 is 0 Å². The minimum absolute atomic E-state index is 0.229. The molecule has 7 nitrogen and oxygen atoms in total. The third-order valence-electron chi connectivity index (χ3n) is 4.30. The molecule has 3 rings (SSSR count). The van der Waals surface area contributed by atoms with E-state index in [1.165, 1.54) is 23.7 Å². The Morgan fingerprint density at radius 3 is 2.90 bits per heavy atom. The predicted octanol–water partition coefficient (Wildman–Crippen LogP) is 0.552. The number of nitrogens with one attached hydrogen (secondary N) is 2. The Hall–Kier alpha value is -1.89. The van der Waals surface area contributed by atoms with Gasteiger partial charge in [0, 0.05) is 19.2 Å². The molecule has 2 N–H and O–H groups in total. The van der Waals surface area contributed by atoms with Gasteiger partial charge in [-0.15, -0.1) is 0 Å². The van der Waals surface area contributed by atoms with E-state index in [-0.39, 0.29) is 5.69 Å². The van der Waals surface area contributed by atoms with E-state index in [1.54, 1.807) is 0 Å². The summed E-state index contributed by atoms with van der Waals surface area (Å²) in [5, 5.41) is 9.73. The van der Waals surface area contributed by atoms with Crippen LogP contribution in [0.15, 0.2) is 10.9 Å². The molecular formula is C14H22N6O. The summed E-state index contributed by atoms with van der Waals surface area (Å²) in [6.07, 6.45) is 3.63. The number of hydrogen-bond donors (Lipinski definition) is 2. The molecule has 0 aliphatic carbocycles. The smallest absolute Gasteiger partial charge is 0.349 e. The number of H-pyrrole nitrogens is 1. The van der Waals surface area contributed by atoms with Crippen molar-refractivity contribution in [3.8, 4) is 0 Å². The van der Waals surface area contributed by atoms with Gasteiger partial charge in [0.1, 0.15) is 11.6 Å². The Bertz CT molecular complexity index is 668. The second kappa shape index (κ2) is 5.85. The Morgan fingerprint density at radius 1 is 1.43 bits per heavy atom. The third-order valence-corrected chi connectivity index (χ3v) is 4.30. The Labute approximate surface area is 123 Å². The van der Waals surface area contributed by atoms with Crippen molar-refractivity contribution in [3.05, 3.63) is 22.4 Å². The van der Waals surface area contributed by atoms with Crippen molar-refractivity contribution in [2.24, 2.45) is 5.92 Å². The molecule has 0 radical (unpaired) electrons. The maximum Gasteiger partial charge on any atom is 0.349 e. The predicted molar refractivity (Wildman–Crippen MR) is 81.8 cm³/mol. The lowest BCUT2D eigenvalue weighted by Crippen LogP contribution is -2.35. The van der Waals surface area contributed by atoms with Gasteiger partial charge in [-0.2, -0.15) is 5.10 Å². The minimum atomic E-state index is -0.229. The van der Waals surface area contributed by atoms with Gasteiger partial charge in [0.25, 0.3) is 0 Å². The number of rotatable bonds is 4. The zero-order chi connectivity index (χ0) is 14.8. The summed E-state index contributed by atoms with van der Waals surface area (Å²) in [7, 11) is 2.00. The average molecular weight is 290 g/mol. The van der Waals surface area contributed by atoms with Gasteiger partial charge in [-0.25, -0.2) is 19.3 Å². The number of nitrogens with zero attached hydrogens (tertiary/aromatic N) is 4. The molecule has 0 spiro atoms. The van der Waals surface area contributed by atoms with Crippen LogP contribution >= 0.6 is 0 Å². The summed E-state index contributed by atoms with van der Waals surface area (Å²) in [6, 6.07) is 1.89. The number of aromatic amines is 1. The van der Waals surface area contributed by atoms with Gasteiger partial charge in [-0.1, -0.05) is 0 Å². The second-order valence-electron chi connectivity index (χ2n) is 5.71. The van der Waals surface area contributed by atoms with Gasteiger partial charge < -0.3 is 10.2 Å². The minimum Gasteiger partial charge on any atom is -0.356 e. The molecule has 0 saturated carbocycles. The summed E-state index contributed by atoms with van der Waals surface area (Å²) in [5.41, 5.74) is 0.409. The molecule has 0 unspecified atom stereocenters. The molecule has 114 valence electrons. The normalized spacial score (nSPS) is 16.8. The van der Waals surface area contributed by atoms with E-state index >= 15 is 0 Å². The van der Waals surface area contributed by atoms with E-state index in [0.717, 1.165) is 31.4 Å². The Morgan fingerprint density at radius 2 is 2.19 bits per heavy atom. The van der Waals surface area contributed by atoms with E-state index in [1.807, 2.05) is 20.0 Å². The molecule has 2 aromatic heterocycles. The monoisotopic (exact) mass is 290 g/mol. The van der Waals surface area contributed by atoms with Crippen LogP contribution in [0.3, 0.4) is 0 Å². The van der Waals surface area contributed by atoms with Crippen LogP contribution in [-0.4, -0.2) is 46.3 Å². The van der Waals surface area contributed by atoms with Crippen LogP contribution in [0.1, 0.15) is 25.1 Å². The summed E-state index contributed by atoms with van der Waals surface area (Å²) < 4.78 is 1.50. The molecule has 2 aromatic rings. The molecule has 1 saturated heterocycles. The summed E-state index contributed by atoms with van der Waals surface area (Å²) >= 11 is 0. The fraction of sp³-hybridized carbons (Fsp3) is 0.643.